The van der Waals surface area contributed by atoms with Crippen LogP contribution in [0.3, 0.4) is 0 Å². The topological polar surface area (TPSA) is 0 Å². The summed E-state index contributed by atoms with van der Waals surface area (Å²) < 4.78 is 0. The molecule has 0 bridgehead atoms. The molecule has 0 spiro atoms. The summed E-state index contributed by atoms with van der Waals surface area (Å²) in [7, 11) is 0. The lowest BCUT2D eigenvalue weighted by atomic mass is 9.84. The van der Waals surface area contributed by atoms with Crippen molar-refractivity contribution in [2.75, 3.05) is 0 Å². The molecule has 106 valence electrons. The molecule has 0 atom stereocenters. The molecule has 0 heteroatoms. The van der Waals surface area contributed by atoms with Crippen molar-refractivity contribution in [2.45, 2.75) is 6.42 Å². The van der Waals surface area contributed by atoms with Gasteiger partial charge in [-0.05, 0) is 60.6 Å². The molecule has 0 nitrogen and oxygen atoms in total. The number of hydrogen-bond donors (Lipinski definition) is 0. The average molecular weight is 290 g/mol. The fourth-order valence-electron chi connectivity index (χ4n) is 4.46. The van der Waals surface area contributed by atoms with E-state index in [1.807, 2.05) is 0 Å². The van der Waals surface area contributed by atoms with Crippen LogP contribution >= 0.6 is 0 Å². The van der Waals surface area contributed by atoms with Gasteiger partial charge in [-0.2, -0.15) is 0 Å². The van der Waals surface area contributed by atoms with Crippen LogP contribution in [0.1, 0.15) is 11.1 Å². The summed E-state index contributed by atoms with van der Waals surface area (Å²) >= 11 is 0. The number of fused-ring (bicyclic) bond motifs is 2. The molecule has 0 aromatic heterocycles. The highest BCUT2D eigenvalue weighted by Crippen LogP contribution is 2.43. The van der Waals surface area contributed by atoms with E-state index in [0.717, 1.165) is 6.42 Å². The van der Waals surface area contributed by atoms with E-state index in [2.05, 4.69) is 72.8 Å². The summed E-state index contributed by atoms with van der Waals surface area (Å²) in [6.07, 6.45) is 5.59. The van der Waals surface area contributed by atoms with E-state index >= 15 is 0 Å². The van der Waals surface area contributed by atoms with Crippen molar-refractivity contribution < 1.29 is 0 Å². The monoisotopic (exact) mass is 290 g/mol. The van der Waals surface area contributed by atoms with Crippen LogP contribution in [0.2, 0.25) is 0 Å². The van der Waals surface area contributed by atoms with Crippen molar-refractivity contribution in [1.82, 2.24) is 0 Å². The minimum Gasteiger partial charge on any atom is -0.0795 e. The van der Waals surface area contributed by atoms with Crippen LogP contribution in [0, 0.1) is 0 Å². The normalized spacial score (nSPS) is 13.7. The lowest BCUT2D eigenvalue weighted by Gasteiger charge is -2.19. The third-order valence-corrected chi connectivity index (χ3v) is 5.40. The second kappa shape index (κ2) is 3.91. The lowest BCUT2D eigenvalue weighted by molar-refractivity contribution is 1.30. The van der Waals surface area contributed by atoms with Gasteiger partial charge in [0.2, 0.25) is 0 Å². The van der Waals surface area contributed by atoms with Gasteiger partial charge in [-0.1, -0.05) is 72.8 Å². The fourth-order valence-corrected chi connectivity index (χ4v) is 4.46. The van der Waals surface area contributed by atoms with Gasteiger partial charge in [0.15, 0.2) is 0 Å². The Kier molecular flexibility index (Phi) is 1.98. The van der Waals surface area contributed by atoms with Crippen LogP contribution in [-0.4, -0.2) is 0 Å². The van der Waals surface area contributed by atoms with Gasteiger partial charge in [-0.25, -0.2) is 0 Å². The van der Waals surface area contributed by atoms with E-state index in [4.69, 9.17) is 0 Å². The standard InChI is InChI=1S/C23H14/c1-4-15-10-12-19-17-8-2-6-14-7-3-9-18(22(14)17)20-13-11-16(5-1)21(15)23(19)20/h1-4,6-13H,5H2. The highest BCUT2D eigenvalue weighted by Gasteiger charge is 2.16. The molecule has 0 N–H and O–H groups in total. The Morgan fingerprint density at radius 3 is 2.04 bits per heavy atom. The predicted molar refractivity (Wildman–Crippen MR) is 100 cm³/mol. The zero-order chi connectivity index (χ0) is 15.0. The van der Waals surface area contributed by atoms with Crippen LogP contribution in [0.15, 0.2) is 66.7 Å². The number of rotatable bonds is 0. The predicted octanol–water partition coefficient (Wildman–Crippen LogP) is 6.31. The molecule has 0 saturated heterocycles. The molecule has 0 heterocycles. The van der Waals surface area contributed by atoms with Crippen LogP contribution in [-0.2, 0) is 6.42 Å². The highest BCUT2D eigenvalue weighted by atomic mass is 14.2. The second-order valence-corrected chi connectivity index (χ2v) is 6.54. The Labute approximate surface area is 134 Å². The van der Waals surface area contributed by atoms with Gasteiger partial charge in [0.1, 0.15) is 0 Å². The van der Waals surface area contributed by atoms with Crippen LogP contribution in [0.5, 0.6) is 0 Å². The van der Waals surface area contributed by atoms with Crippen molar-refractivity contribution in [3.05, 3.63) is 77.9 Å². The van der Waals surface area contributed by atoms with Crippen molar-refractivity contribution in [1.29, 1.82) is 0 Å². The van der Waals surface area contributed by atoms with Gasteiger partial charge in [0, 0.05) is 0 Å². The maximum Gasteiger partial charge on any atom is -0.00175 e. The number of allylic oxidation sites excluding steroid dienone is 1. The molecule has 6 rings (SSSR count). The maximum absolute atomic E-state index is 2.33. The minimum absolute atomic E-state index is 1.04. The molecule has 23 heavy (non-hydrogen) atoms. The van der Waals surface area contributed by atoms with E-state index in [1.54, 1.807) is 0 Å². The minimum atomic E-state index is 1.04. The average Bonchev–Trinajstić information content (AvgIpc) is 2.62. The number of hydrogen-bond acceptors (Lipinski definition) is 0. The molecule has 1 aliphatic carbocycles. The van der Waals surface area contributed by atoms with Gasteiger partial charge in [0.25, 0.3) is 0 Å². The summed E-state index contributed by atoms with van der Waals surface area (Å²) in [5, 5.41) is 11.2. The van der Waals surface area contributed by atoms with E-state index in [9.17, 15) is 0 Å². The Morgan fingerprint density at radius 1 is 0.565 bits per heavy atom. The second-order valence-electron chi connectivity index (χ2n) is 6.54. The summed E-state index contributed by atoms with van der Waals surface area (Å²) in [5.41, 5.74) is 2.81. The van der Waals surface area contributed by atoms with Crippen molar-refractivity contribution in [3.8, 4) is 0 Å². The van der Waals surface area contributed by atoms with Crippen molar-refractivity contribution in [3.63, 3.8) is 0 Å². The van der Waals surface area contributed by atoms with E-state index in [0.29, 0.717) is 0 Å². The molecule has 0 amide bonds. The van der Waals surface area contributed by atoms with Crippen LogP contribution in [0.25, 0.3) is 49.2 Å². The molecule has 0 unspecified atom stereocenters. The molecule has 0 saturated carbocycles. The molecule has 5 aromatic carbocycles. The quantitative estimate of drug-likeness (QED) is 0.232. The first-order valence-corrected chi connectivity index (χ1v) is 8.19. The zero-order valence-electron chi connectivity index (χ0n) is 12.6. The number of benzene rings is 5. The SMILES string of the molecule is C1=Cc2ccc3c4cccc5cccc(c6ccc(c2c36)C1)c54. The molecule has 1 aliphatic rings. The summed E-state index contributed by atoms with van der Waals surface area (Å²) in [5.74, 6) is 0. The third kappa shape index (κ3) is 1.33. The molecular formula is C23H14. The van der Waals surface area contributed by atoms with E-state index in [1.165, 1.54) is 54.2 Å². The van der Waals surface area contributed by atoms with Crippen LogP contribution < -0.4 is 0 Å². The lowest BCUT2D eigenvalue weighted by Crippen LogP contribution is -1.95. The van der Waals surface area contributed by atoms with E-state index < -0.39 is 0 Å². The van der Waals surface area contributed by atoms with Crippen molar-refractivity contribution >= 4 is 49.2 Å². The smallest absolute Gasteiger partial charge is 0.00175 e. The fraction of sp³-hybridized carbons (Fsp3) is 0.0435. The molecule has 5 aromatic rings. The van der Waals surface area contributed by atoms with Gasteiger partial charge in [-0.3, -0.25) is 0 Å². The first kappa shape index (κ1) is 11.7. The van der Waals surface area contributed by atoms with E-state index in [-0.39, 0.29) is 0 Å². The van der Waals surface area contributed by atoms with Crippen molar-refractivity contribution in [2.24, 2.45) is 0 Å². The molecular weight excluding hydrogens is 276 g/mol. The Hall–Kier alpha value is -2.86. The first-order valence-electron chi connectivity index (χ1n) is 8.19. The summed E-state index contributed by atoms with van der Waals surface area (Å²) in [6.45, 7) is 0. The van der Waals surface area contributed by atoms with Gasteiger partial charge < -0.3 is 0 Å². The highest BCUT2D eigenvalue weighted by molar-refractivity contribution is 6.33. The summed E-state index contributed by atoms with van der Waals surface area (Å²) in [6, 6.07) is 22.6. The van der Waals surface area contributed by atoms with Gasteiger partial charge >= 0.3 is 0 Å². The molecule has 0 radical (unpaired) electrons. The Bertz CT molecular complexity index is 1220. The van der Waals surface area contributed by atoms with Crippen LogP contribution in [0.4, 0.5) is 0 Å². The largest absolute Gasteiger partial charge is 0.0795 e. The van der Waals surface area contributed by atoms with Gasteiger partial charge in [-0.15, -0.1) is 0 Å². The molecule has 0 fully saturated rings. The Morgan fingerprint density at radius 2 is 1.26 bits per heavy atom. The van der Waals surface area contributed by atoms with Gasteiger partial charge in [0.05, 0.1) is 0 Å². The summed E-state index contributed by atoms with van der Waals surface area (Å²) in [4.78, 5) is 0. The Balaban J connectivity index is 2.07. The zero-order valence-corrected chi connectivity index (χ0v) is 12.6. The third-order valence-electron chi connectivity index (χ3n) is 5.40. The molecule has 0 aliphatic heterocycles. The maximum atomic E-state index is 2.33. The first-order chi connectivity index (χ1) is 11.4.